The largest absolute Gasteiger partial charge is 0.461 e. The molecule has 2 rings (SSSR count). The lowest BCUT2D eigenvalue weighted by Crippen LogP contribution is -2.41. The van der Waals surface area contributed by atoms with Crippen molar-refractivity contribution >= 4 is 17.7 Å². The number of halogens is 1. The van der Waals surface area contributed by atoms with Gasteiger partial charge < -0.3 is 9.64 Å². The van der Waals surface area contributed by atoms with Crippen molar-refractivity contribution in [3.63, 3.8) is 0 Å². The average Bonchev–Trinajstić information content (AvgIpc) is 2.67. The van der Waals surface area contributed by atoms with Crippen molar-refractivity contribution in [1.82, 2.24) is 0 Å². The summed E-state index contributed by atoms with van der Waals surface area (Å²) in [7, 11) is 0. The van der Waals surface area contributed by atoms with Crippen LogP contribution in [0.15, 0.2) is 12.1 Å². The quantitative estimate of drug-likeness (QED) is 0.467. The Morgan fingerprint density at radius 3 is 2.72 bits per heavy atom. The molecule has 7 heteroatoms. The van der Waals surface area contributed by atoms with Crippen LogP contribution in [0.1, 0.15) is 13.8 Å². The van der Waals surface area contributed by atoms with Gasteiger partial charge in [0.25, 0.3) is 5.69 Å². The van der Waals surface area contributed by atoms with Crippen LogP contribution >= 0.6 is 0 Å². The molecule has 18 heavy (non-hydrogen) atoms. The lowest BCUT2D eigenvalue weighted by molar-refractivity contribution is -0.385. The Kier molecular flexibility index (Phi) is 2.90. The second-order valence-electron chi connectivity index (χ2n) is 4.18. The second-order valence-corrected chi connectivity index (χ2v) is 4.18. The minimum atomic E-state index is -0.948. The zero-order chi connectivity index (χ0) is 13.4. The number of carbonyl (C=O) groups excluding carboxylic acids is 1. The van der Waals surface area contributed by atoms with E-state index in [-0.39, 0.29) is 17.5 Å². The Labute approximate surface area is 102 Å². The molecule has 1 aromatic carbocycles. The first-order valence-corrected chi connectivity index (χ1v) is 5.34. The van der Waals surface area contributed by atoms with Gasteiger partial charge >= 0.3 is 0 Å². The normalized spacial score (nSPS) is 17.6. The fraction of sp³-hybridized carbons (Fsp3) is 0.364. The van der Waals surface area contributed by atoms with Crippen LogP contribution in [0, 0.1) is 15.9 Å². The molecule has 1 aliphatic rings. The van der Waals surface area contributed by atoms with E-state index in [0.717, 1.165) is 12.1 Å². The zero-order valence-corrected chi connectivity index (χ0v) is 9.79. The third-order valence-corrected chi connectivity index (χ3v) is 2.68. The van der Waals surface area contributed by atoms with E-state index in [1.807, 2.05) is 0 Å². The van der Waals surface area contributed by atoms with E-state index in [2.05, 4.69) is 0 Å². The number of hydrogen-bond acceptors (Lipinski definition) is 5. The zero-order valence-electron chi connectivity index (χ0n) is 9.79. The first-order valence-electron chi connectivity index (χ1n) is 5.34. The maximum Gasteiger partial charge on any atom is 0.276 e. The molecule has 0 spiro atoms. The number of anilines is 1. The van der Waals surface area contributed by atoms with Gasteiger partial charge in [0.15, 0.2) is 17.9 Å². The third-order valence-electron chi connectivity index (χ3n) is 2.68. The van der Waals surface area contributed by atoms with Gasteiger partial charge in [-0.1, -0.05) is 0 Å². The van der Waals surface area contributed by atoms with Crippen LogP contribution in [0.4, 0.5) is 15.8 Å². The Hall–Kier alpha value is -2.18. The number of benzene rings is 1. The van der Waals surface area contributed by atoms with Crippen LogP contribution in [0.5, 0.6) is 5.75 Å². The Balaban J connectivity index is 2.56. The van der Waals surface area contributed by atoms with Gasteiger partial charge in [-0.3, -0.25) is 14.9 Å². The highest BCUT2D eigenvalue weighted by atomic mass is 19.1. The molecular formula is C11H11FN2O4. The summed E-state index contributed by atoms with van der Waals surface area (Å²) in [5.41, 5.74) is -0.311. The van der Waals surface area contributed by atoms with Crippen LogP contribution < -0.4 is 9.64 Å². The first-order chi connectivity index (χ1) is 8.45. The number of hydrogen-bond donors (Lipinski definition) is 0. The Bertz CT molecular complexity index is 518. The van der Waals surface area contributed by atoms with E-state index in [0.29, 0.717) is 6.29 Å². The van der Waals surface area contributed by atoms with Crippen molar-refractivity contribution < 1.29 is 18.8 Å². The van der Waals surface area contributed by atoms with E-state index in [9.17, 15) is 19.3 Å². The molecule has 0 radical (unpaired) electrons. The van der Waals surface area contributed by atoms with Gasteiger partial charge in [-0.15, -0.1) is 0 Å². The number of aldehydes is 1. The SMILES string of the molecule is CC(C)N1c2c(F)cc([N+](=O)[O-])cc2OC1C=O. The number of carbonyl (C=O) groups is 1. The molecule has 1 aromatic rings. The number of ether oxygens (including phenoxy) is 1. The lowest BCUT2D eigenvalue weighted by Gasteiger charge is -2.25. The summed E-state index contributed by atoms with van der Waals surface area (Å²) < 4.78 is 19.1. The first kappa shape index (κ1) is 12.3. The number of nitro groups is 1. The van der Waals surface area contributed by atoms with Crippen molar-refractivity contribution in [3.8, 4) is 5.75 Å². The van der Waals surface area contributed by atoms with E-state index >= 15 is 0 Å². The predicted octanol–water partition coefficient (Wildman–Crippen LogP) is 1.87. The van der Waals surface area contributed by atoms with E-state index in [1.54, 1.807) is 13.8 Å². The summed E-state index contributed by atoms with van der Waals surface area (Å²) in [6.07, 6.45) is -0.415. The van der Waals surface area contributed by atoms with Crippen molar-refractivity contribution in [2.45, 2.75) is 26.1 Å². The predicted molar refractivity (Wildman–Crippen MR) is 61.1 cm³/mol. The van der Waals surface area contributed by atoms with Gasteiger partial charge in [-0.25, -0.2) is 4.39 Å². The topological polar surface area (TPSA) is 72.7 Å². The minimum absolute atomic E-state index is 0.0208. The number of nitro benzene ring substituents is 1. The monoisotopic (exact) mass is 254 g/mol. The van der Waals surface area contributed by atoms with Crippen LogP contribution in [-0.2, 0) is 4.79 Å². The van der Waals surface area contributed by atoms with Crippen LogP contribution in [0.25, 0.3) is 0 Å². The maximum atomic E-state index is 13.9. The van der Waals surface area contributed by atoms with Crippen molar-refractivity contribution in [2.75, 3.05) is 4.90 Å². The summed E-state index contributed by atoms with van der Waals surface area (Å²) >= 11 is 0. The molecule has 0 aromatic heterocycles. The molecule has 0 saturated heterocycles. The average molecular weight is 254 g/mol. The van der Waals surface area contributed by atoms with E-state index < -0.39 is 22.7 Å². The lowest BCUT2D eigenvalue weighted by atomic mass is 10.2. The van der Waals surface area contributed by atoms with Gasteiger partial charge in [-0.2, -0.15) is 0 Å². The van der Waals surface area contributed by atoms with Gasteiger partial charge in [0, 0.05) is 6.04 Å². The number of rotatable bonds is 3. The molecule has 1 unspecified atom stereocenters. The second kappa shape index (κ2) is 4.25. The fourth-order valence-corrected chi connectivity index (χ4v) is 1.97. The highest BCUT2D eigenvalue weighted by molar-refractivity contribution is 5.75. The van der Waals surface area contributed by atoms with E-state index in [4.69, 9.17) is 4.74 Å². The summed E-state index contributed by atoms with van der Waals surface area (Å²) in [5, 5.41) is 10.6. The fourth-order valence-electron chi connectivity index (χ4n) is 1.97. The molecule has 0 N–H and O–H groups in total. The number of fused-ring (bicyclic) bond motifs is 1. The molecule has 1 atom stereocenters. The number of non-ortho nitro benzene ring substituents is 1. The molecular weight excluding hydrogens is 243 g/mol. The summed E-state index contributed by atoms with van der Waals surface area (Å²) in [4.78, 5) is 22.3. The molecule has 1 aliphatic heterocycles. The Morgan fingerprint density at radius 1 is 1.56 bits per heavy atom. The molecule has 0 bridgehead atoms. The summed E-state index contributed by atoms with van der Waals surface area (Å²) in [6, 6.07) is 1.78. The highest BCUT2D eigenvalue weighted by Crippen LogP contribution is 2.42. The smallest absolute Gasteiger partial charge is 0.276 e. The molecule has 6 nitrogen and oxygen atoms in total. The molecule has 1 heterocycles. The highest BCUT2D eigenvalue weighted by Gasteiger charge is 2.36. The molecule has 0 aliphatic carbocycles. The Morgan fingerprint density at radius 2 is 2.22 bits per heavy atom. The molecule has 0 saturated carbocycles. The maximum absolute atomic E-state index is 13.9. The van der Waals surface area contributed by atoms with Gasteiger partial charge in [-0.05, 0) is 13.8 Å². The van der Waals surface area contributed by atoms with Crippen LogP contribution in [0.3, 0.4) is 0 Å². The van der Waals surface area contributed by atoms with Gasteiger partial charge in [0.05, 0.1) is 17.1 Å². The summed E-state index contributed by atoms with van der Waals surface area (Å²) in [6.45, 7) is 3.55. The van der Waals surface area contributed by atoms with Crippen LogP contribution in [0.2, 0.25) is 0 Å². The van der Waals surface area contributed by atoms with Crippen molar-refractivity contribution in [3.05, 3.63) is 28.1 Å². The van der Waals surface area contributed by atoms with Crippen molar-refractivity contribution in [2.24, 2.45) is 0 Å². The minimum Gasteiger partial charge on any atom is -0.461 e. The standard InChI is InChI=1S/C11H11FN2O4/c1-6(2)13-10(5-15)18-9-4-7(14(16)17)3-8(12)11(9)13/h3-6,10H,1-2H3. The van der Waals surface area contributed by atoms with Crippen molar-refractivity contribution in [1.29, 1.82) is 0 Å². The molecule has 96 valence electrons. The van der Waals surface area contributed by atoms with E-state index in [1.165, 1.54) is 4.90 Å². The molecule has 0 fully saturated rings. The van der Waals surface area contributed by atoms with Gasteiger partial charge in [0.2, 0.25) is 6.23 Å². The third kappa shape index (κ3) is 1.77. The number of nitrogens with zero attached hydrogens (tertiary/aromatic N) is 2. The van der Waals surface area contributed by atoms with Crippen LogP contribution in [-0.4, -0.2) is 23.5 Å². The molecule has 0 amide bonds. The van der Waals surface area contributed by atoms with Gasteiger partial charge in [0.1, 0.15) is 5.69 Å². The summed E-state index contributed by atoms with van der Waals surface area (Å²) in [5.74, 6) is -0.746.